The molecule has 1 N–H and O–H groups in total. The van der Waals surface area contributed by atoms with E-state index in [4.69, 9.17) is 4.74 Å². The zero-order valence-electron chi connectivity index (χ0n) is 10.0. The van der Waals surface area contributed by atoms with Gasteiger partial charge in [0.25, 0.3) is 0 Å². The Morgan fingerprint density at radius 3 is 3.06 bits per heavy atom. The lowest BCUT2D eigenvalue weighted by atomic mass is 10.1. The highest BCUT2D eigenvalue weighted by Crippen LogP contribution is 2.15. The first-order valence-corrected chi connectivity index (χ1v) is 5.63. The molecule has 1 atom stereocenters. The molecule has 1 saturated heterocycles. The fourth-order valence-electron chi connectivity index (χ4n) is 1.71. The van der Waals surface area contributed by atoms with Gasteiger partial charge in [-0.2, -0.15) is 0 Å². The second-order valence-electron chi connectivity index (χ2n) is 3.97. The van der Waals surface area contributed by atoms with E-state index < -0.39 is 5.97 Å². The fourth-order valence-corrected chi connectivity index (χ4v) is 1.71. The number of esters is 1. The van der Waals surface area contributed by atoms with Gasteiger partial charge in [-0.05, 0) is 18.6 Å². The van der Waals surface area contributed by atoms with Crippen LogP contribution in [0.15, 0.2) is 18.3 Å². The van der Waals surface area contributed by atoms with E-state index in [-0.39, 0.29) is 11.8 Å². The molecule has 1 aromatic heterocycles. The van der Waals surface area contributed by atoms with Crippen LogP contribution in [0, 0.1) is 5.92 Å². The number of carbonyl (C=O) groups is 2. The molecule has 0 aliphatic carbocycles. The second kappa shape index (κ2) is 5.59. The monoisotopic (exact) mass is 250 g/mol. The minimum Gasteiger partial charge on any atom is -0.465 e. The smallest absolute Gasteiger partial charge is 0.338 e. The maximum absolute atomic E-state index is 11.8. The highest BCUT2D eigenvalue weighted by atomic mass is 16.5. The number of nitrogens with zero attached hydrogens (tertiary/aromatic N) is 1. The molecule has 6 heteroatoms. The van der Waals surface area contributed by atoms with Crippen molar-refractivity contribution >= 4 is 17.7 Å². The van der Waals surface area contributed by atoms with Gasteiger partial charge in [0.15, 0.2) is 0 Å². The third kappa shape index (κ3) is 2.84. The first-order chi connectivity index (χ1) is 8.70. The summed E-state index contributed by atoms with van der Waals surface area (Å²) in [5.74, 6) is -0.400. The standard InChI is InChI=1S/C12H14N2O4/c1-17-12(16)8-2-4-13-10(6-8)14-11(15)9-3-5-18-7-9/h2,4,6,9H,3,5,7H2,1H3,(H,13,14,15). The summed E-state index contributed by atoms with van der Waals surface area (Å²) in [6.07, 6.45) is 2.16. The third-order valence-corrected chi connectivity index (χ3v) is 2.73. The van der Waals surface area contributed by atoms with Gasteiger partial charge in [-0.3, -0.25) is 4.79 Å². The molecular formula is C12H14N2O4. The molecule has 0 radical (unpaired) electrons. The van der Waals surface area contributed by atoms with E-state index in [0.717, 1.165) is 0 Å². The van der Waals surface area contributed by atoms with E-state index >= 15 is 0 Å². The first kappa shape index (κ1) is 12.5. The molecular weight excluding hydrogens is 236 g/mol. The molecule has 1 unspecified atom stereocenters. The van der Waals surface area contributed by atoms with Crippen LogP contribution in [0.5, 0.6) is 0 Å². The molecule has 0 saturated carbocycles. The van der Waals surface area contributed by atoms with Crippen molar-refractivity contribution in [1.29, 1.82) is 0 Å². The topological polar surface area (TPSA) is 77.5 Å². The van der Waals surface area contributed by atoms with Crippen LogP contribution in [0.2, 0.25) is 0 Å². The van der Waals surface area contributed by atoms with Crippen LogP contribution in [-0.4, -0.2) is 37.2 Å². The number of nitrogens with one attached hydrogen (secondary N) is 1. The number of hydrogen-bond donors (Lipinski definition) is 1. The summed E-state index contributed by atoms with van der Waals surface area (Å²) in [5, 5.41) is 2.67. The summed E-state index contributed by atoms with van der Waals surface area (Å²) >= 11 is 0. The summed E-state index contributed by atoms with van der Waals surface area (Å²) in [4.78, 5) is 27.1. The highest BCUT2D eigenvalue weighted by Gasteiger charge is 2.23. The van der Waals surface area contributed by atoms with E-state index in [9.17, 15) is 9.59 Å². The van der Waals surface area contributed by atoms with Gasteiger partial charge in [0.05, 0.1) is 25.2 Å². The van der Waals surface area contributed by atoms with Gasteiger partial charge in [-0.15, -0.1) is 0 Å². The van der Waals surface area contributed by atoms with Gasteiger partial charge in [-0.1, -0.05) is 0 Å². The largest absolute Gasteiger partial charge is 0.465 e. The Morgan fingerprint density at radius 1 is 1.56 bits per heavy atom. The maximum atomic E-state index is 11.8. The van der Waals surface area contributed by atoms with Gasteiger partial charge in [0.1, 0.15) is 5.82 Å². The van der Waals surface area contributed by atoms with Crippen LogP contribution < -0.4 is 5.32 Å². The van der Waals surface area contributed by atoms with E-state index in [1.165, 1.54) is 25.4 Å². The number of amides is 1. The van der Waals surface area contributed by atoms with Crippen LogP contribution >= 0.6 is 0 Å². The van der Waals surface area contributed by atoms with E-state index in [1.54, 1.807) is 0 Å². The number of anilines is 1. The molecule has 0 spiro atoms. The molecule has 0 bridgehead atoms. The summed E-state index contributed by atoms with van der Waals surface area (Å²) in [7, 11) is 1.30. The number of methoxy groups -OCH3 is 1. The van der Waals surface area contributed by atoms with Crippen LogP contribution in [0.1, 0.15) is 16.8 Å². The van der Waals surface area contributed by atoms with Gasteiger partial charge in [-0.25, -0.2) is 9.78 Å². The zero-order valence-corrected chi connectivity index (χ0v) is 10.0. The van der Waals surface area contributed by atoms with Crippen molar-refractivity contribution in [1.82, 2.24) is 4.98 Å². The van der Waals surface area contributed by atoms with Crippen molar-refractivity contribution in [2.75, 3.05) is 25.6 Å². The maximum Gasteiger partial charge on any atom is 0.338 e. The van der Waals surface area contributed by atoms with Crippen molar-refractivity contribution in [3.8, 4) is 0 Å². The number of rotatable bonds is 3. The lowest BCUT2D eigenvalue weighted by Crippen LogP contribution is -2.23. The average Bonchev–Trinajstić information content (AvgIpc) is 2.92. The zero-order chi connectivity index (χ0) is 13.0. The molecule has 6 nitrogen and oxygen atoms in total. The van der Waals surface area contributed by atoms with Gasteiger partial charge >= 0.3 is 5.97 Å². The molecule has 18 heavy (non-hydrogen) atoms. The Labute approximate surface area is 104 Å². The molecule has 2 rings (SSSR count). The Hall–Kier alpha value is -1.95. The van der Waals surface area contributed by atoms with Crippen LogP contribution in [0.4, 0.5) is 5.82 Å². The molecule has 2 heterocycles. The van der Waals surface area contributed by atoms with Crippen molar-refractivity contribution < 1.29 is 19.1 Å². The summed E-state index contributed by atoms with van der Waals surface area (Å²) < 4.78 is 9.74. The minimum absolute atomic E-state index is 0.137. The SMILES string of the molecule is COC(=O)c1ccnc(NC(=O)C2CCOC2)c1. The molecule has 1 aliphatic heterocycles. The summed E-state index contributed by atoms with van der Waals surface area (Å²) in [6.45, 7) is 1.04. The van der Waals surface area contributed by atoms with Crippen LogP contribution in [0.3, 0.4) is 0 Å². The van der Waals surface area contributed by atoms with Crippen LogP contribution in [0.25, 0.3) is 0 Å². The molecule has 1 amide bonds. The predicted molar refractivity (Wildman–Crippen MR) is 63.1 cm³/mol. The van der Waals surface area contributed by atoms with Gasteiger partial charge in [0, 0.05) is 12.8 Å². The normalized spacial score (nSPS) is 18.4. The molecule has 96 valence electrons. The number of ether oxygens (including phenoxy) is 2. The van der Waals surface area contributed by atoms with Gasteiger partial charge in [0.2, 0.25) is 5.91 Å². The number of hydrogen-bond acceptors (Lipinski definition) is 5. The molecule has 1 aromatic rings. The molecule has 0 aromatic carbocycles. The summed E-state index contributed by atoms with van der Waals surface area (Å²) in [6, 6.07) is 3.01. The van der Waals surface area contributed by atoms with E-state index in [2.05, 4.69) is 15.0 Å². The average molecular weight is 250 g/mol. The Kier molecular flexibility index (Phi) is 3.88. The van der Waals surface area contributed by atoms with Crippen molar-refractivity contribution in [2.45, 2.75) is 6.42 Å². The number of pyridine rings is 1. The van der Waals surface area contributed by atoms with Crippen molar-refractivity contribution in [3.05, 3.63) is 23.9 Å². The number of carbonyl (C=O) groups excluding carboxylic acids is 2. The predicted octanol–water partition coefficient (Wildman–Crippen LogP) is 0.843. The first-order valence-electron chi connectivity index (χ1n) is 5.63. The quantitative estimate of drug-likeness (QED) is 0.804. The van der Waals surface area contributed by atoms with Crippen molar-refractivity contribution in [2.24, 2.45) is 5.92 Å². The number of aromatic nitrogens is 1. The van der Waals surface area contributed by atoms with Crippen LogP contribution in [-0.2, 0) is 14.3 Å². The fraction of sp³-hybridized carbons (Fsp3) is 0.417. The third-order valence-electron chi connectivity index (χ3n) is 2.73. The van der Waals surface area contributed by atoms with E-state index in [0.29, 0.717) is 31.0 Å². The second-order valence-corrected chi connectivity index (χ2v) is 3.97. The lowest BCUT2D eigenvalue weighted by Gasteiger charge is -2.09. The Bertz CT molecular complexity index is 455. The summed E-state index contributed by atoms with van der Waals surface area (Å²) in [5.41, 5.74) is 0.352. The van der Waals surface area contributed by atoms with Gasteiger partial charge < -0.3 is 14.8 Å². The van der Waals surface area contributed by atoms with Crippen molar-refractivity contribution in [3.63, 3.8) is 0 Å². The minimum atomic E-state index is -0.461. The molecule has 1 fully saturated rings. The Morgan fingerprint density at radius 2 is 2.39 bits per heavy atom. The molecule has 1 aliphatic rings. The van der Waals surface area contributed by atoms with E-state index in [1.807, 2.05) is 0 Å². The highest BCUT2D eigenvalue weighted by molar-refractivity contribution is 5.94. The lowest BCUT2D eigenvalue weighted by molar-refractivity contribution is -0.119. The Balaban J connectivity index is 2.04.